The zero-order valence-electron chi connectivity index (χ0n) is 11.2. The zero-order chi connectivity index (χ0) is 15.0. The molecule has 0 radical (unpaired) electrons. The molecule has 0 atom stereocenters. The van der Waals surface area contributed by atoms with Gasteiger partial charge in [0.1, 0.15) is 5.75 Å². The summed E-state index contributed by atoms with van der Waals surface area (Å²) in [6.45, 7) is 1.61. The molecular weight excluding hydrogens is 266 g/mol. The van der Waals surface area contributed by atoms with Crippen LogP contribution in [0.4, 0.5) is 5.69 Å². The highest BCUT2D eigenvalue weighted by Gasteiger charge is 2.12. The van der Waals surface area contributed by atoms with E-state index in [0.717, 1.165) is 12.8 Å². The Kier molecular flexibility index (Phi) is 6.45. The highest BCUT2D eigenvalue weighted by atomic mass is 16.6. The first kappa shape index (κ1) is 15.9. The third-order valence-corrected chi connectivity index (χ3v) is 2.53. The van der Waals surface area contributed by atoms with Gasteiger partial charge in [0, 0.05) is 17.7 Å². The van der Waals surface area contributed by atoms with Gasteiger partial charge in [-0.25, -0.2) is 4.79 Å². The van der Waals surface area contributed by atoms with Crippen molar-refractivity contribution in [2.45, 2.75) is 26.4 Å². The topological polar surface area (TPSA) is 98.9 Å². The van der Waals surface area contributed by atoms with E-state index >= 15 is 0 Å². The highest BCUT2D eigenvalue weighted by molar-refractivity contribution is 5.71. The predicted octanol–water partition coefficient (Wildman–Crippen LogP) is 1.81. The molecule has 0 spiro atoms. The Morgan fingerprint density at radius 2 is 2.20 bits per heavy atom. The molecule has 1 N–H and O–H groups in total. The van der Waals surface area contributed by atoms with E-state index in [1.165, 1.54) is 18.2 Å². The van der Waals surface area contributed by atoms with Crippen LogP contribution in [0.3, 0.4) is 0 Å². The summed E-state index contributed by atoms with van der Waals surface area (Å²) in [5, 5.41) is 19.7. The molecule has 0 aromatic heterocycles. The van der Waals surface area contributed by atoms with Gasteiger partial charge in [-0.15, -0.1) is 0 Å². The summed E-state index contributed by atoms with van der Waals surface area (Å²) in [4.78, 5) is 21.4. The van der Waals surface area contributed by atoms with Gasteiger partial charge >= 0.3 is 5.97 Å². The number of esters is 1. The van der Waals surface area contributed by atoms with Gasteiger partial charge in [0.25, 0.3) is 5.69 Å². The average molecular weight is 283 g/mol. The van der Waals surface area contributed by atoms with E-state index in [9.17, 15) is 14.9 Å². The Labute approximate surface area is 116 Å². The Morgan fingerprint density at radius 3 is 2.80 bits per heavy atom. The predicted molar refractivity (Wildman–Crippen MR) is 70.4 cm³/mol. The summed E-state index contributed by atoms with van der Waals surface area (Å²) >= 11 is 0. The summed E-state index contributed by atoms with van der Waals surface area (Å²) in [7, 11) is 0. The molecule has 7 heteroatoms. The van der Waals surface area contributed by atoms with Crippen molar-refractivity contribution in [1.29, 1.82) is 0 Å². The number of hydrogen-bond acceptors (Lipinski definition) is 6. The summed E-state index contributed by atoms with van der Waals surface area (Å²) in [5.74, 6) is -0.286. The molecule has 1 aromatic carbocycles. The second kappa shape index (κ2) is 8.11. The maximum absolute atomic E-state index is 11.3. The molecule has 0 aliphatic carbocycles. The van der Waals surface area contributed by atoms with Gasteiger partial charge in [0.2, 0.25) is 0 Å². The van der Waals surface area contributed by atoms with Crippen LogP contribution in [0.2, 0.25) is 0 Å². The van der Waals surface area contributed by atoms with Crippen LogP contribution in [0.1, 0.15) is 25.3 Å². The van der Waals surface area contributed by atoms with Crippen LogP contribution >= 0.6 is 0 Å². The quantitative estimate of drug-likeness (QED) is 0.338. The fourth-order valence-corrected chi connectivity index (χ4v) is 1.45. The van der Waals surface area contributed by atoms with Crippen LogP contribution in [0.25, 0.3) is 0 Å². The monoisotopic (exact) mass is 283 g/mol. The largest absolute Gasteiger partial charge is 0.482 e. The minimum atomic E-state index is -0.568. The number of unbranched alkanes of at least 4 members (excludes halogenated alkanes) is 1. The number of nitro groups is 1. The smallest absolute Gasteiger partial charge is 0.344 e. The zero-order valence-corrected chi connectivity index (χ0v) is 11.2. The van der Waals surface area contributed by atoms with E-state index in [0.29, 0.717) is 6.61 Å². The van der Waals surface area contributed by atoms with Crippen LogP contribution in [0, 0.1) is 10.1 Å². The second-order valence-corrected chi connectivity index (χ2v) is 4.07. The van der Waals surface area contributed by atoms with Gasteiger partial charge < -0.3 is 14.6 Å². The molecule has 110 valence electrons. The minimum absolute atomic E-state index is 0.146. The fourth-order valence-electron chi connectivity index (χ4n) is 1.45. The summed E-state index contributed by atoms with van der Waals surface area (Å²) in [6, 6.07) is 3.80. The van der Waals surface area contributed by atoms with Crippen molar-refractivity contribution in [2.75, 3.05) is 13.2 Å². The van der Waals surface area contributed by atoms with Crippen LogP contribution in [-0.4, -0.2) is 29.2 Å². The van der Waals surface area contributed by atoms with Crippen molar-refractivity contribution < 1.29 is 24.3 Å². The molecule has 0 fully saturated rings. The molecule has 1 aromatic rings. The lowest BCUT2D eigenvalue weighted by atomic mass is 10.2. The molecule has 0 saturated heterocycles. The van der Waals surface area contributed by atoms with E-state index in [2.05, 4.69) is 0 Å². The number of hydrogen-bond donors (Lipinski definition) is 1. The van der Waals surface area contributed by atoms with E-state index in [-0.39, 0.29) is 23.6 Å². The SMILES string of the molecule is CCCCOC(=O)COc1ccc([N+](=O)[O-])cc1CO. The standard InChI is InChI=1S/C13H17NO6/c1-2-3-6-19-13(16)9-20-12-5-4-11(14(17)18)7-10(12)8-15/h4-5,7,15H,2-3,6,8-9H2,1H3. The third kappa shape index (κ3) is 4.85. The molecule has 0 bridgehead atoms. The first-order chi connectivity index (χ1) is 9.58. The number of nitrogens with zero attached hydrogens (tertiary/aromatic N) is 1. The van der Waals surface area contributed by atoms with Crippen molar-refractivity contribution in [3.05, 3.63) is 33.9 Å². The van der Waals surface area contributed by atoms with Gasteiger partial charge in [-0.05, 0) is 12.5 Å². The molecule has 0 unspecified atom stereocenters. The molecule has 0 heterocycles. The minimum Gasteiger partial charge on any atom is -0.482 e. The number of aliphatic hydroxyl groups is 1. The number of nitro benzene ring substituents is 1. The fraction of sp³-hybridized carbons (Fsp3) is 0.462. The number of ether oxygens (including phenoxy) is 2. The maximum Gasteiger partial charge on any atom is 0.344 e. The number of benzene rings is 1. The van der Waals surface area contributed by atoms with Gasteiger partial charge in [-0.2, -0.15) is 0 Å². The third-order valence-electron chi connectivity index (χ3n) is 2.53. The van der Waals surface area contributed by atoms with E-state index < -0.39 is 17.5 Å². The molecule has 0 amide bonds. The molecule has 20 heavy (non-hydrogen) atoms. The number of non-ortho nitro benzene ring substituents is 1. The molecular formula is C13H17NO6. The van der Waals surface area contributed by atoms with Crippen molar-refractivity contribution >= 4 is 11.7 Å². The molecule has 0 aliphatic rings. The van der Waals surface area contributed by atoms with Crippen LogP contribution < -0.4 is 4.74 Å². The van der Waals surface area contributed by atoms with Gasteiger partial charge in [-0.3, -0.25) is 10.1 Å². The summed E-state index contributed by atoms with van der Waals surface area (Å²) in [5.41, 5.74) is 0.104. The lowest BCUT2D eigenvalue weighted by molar-refractivity contribution is -0.385. The van der Waals surface area contributed by atoms with Gasteiger partial charge in [0.15, 0.2) is 6.61 Å². The summed E-state index contributed by atoms with van der Waals surface area (Å²) in [6.07, 6.45) is 1.70. The van der Waals surface area contributed by atoms with Crippen LogP contribution in [0.5, 0.6) is 5.75 Å². The lowest BCUT2D eigenvalue weighted by Crippen LogP contribution is -2.16. The van der Waals surface area contributed by atoms with Crippen LogP contribution in [0.15, 0.2) is 18.2 Å². The Balaban J connectivity index is 2.59. The highest BCUT2D eigenvalue weighted by Crippen LogP contribution is 2.24. The first-order valence-corrected chi connectivity index (χ1v) is 6.25. The average Bonchev–Trinajstić information content (AvgIpc) is 2.45. The van der Waals surface area contributed by atoms with Crippen molar-refractivity contribution in [3.8, 4) is 5.75 Å². The molecule has 0 saturated carbocycles. The van der Waals surface area contributed by atoms with Gasteiger partial charge in [-0.1, -0.05) is 13.3 Å². The maximum atomic E-state index is 11.3. The van der Waals surface area contributed by atoms with Crippen molar-refractivity contribution in [3.63, 3.8) is 0 Å². The van der Waals surface area contributed by atoms with Crippen molar-refractivity contribution in [2.24, 2.45) is 0 Å². The normalized spacial score (nSPS) is 10.1. The number of carbonyl (C=O) groups excluding carboxylic acids is 1. The molecule has 7 nitrogen and oxygen atoms in total. The number of rotatable bonds is 8. The first-order valence-electron chi connectivity index (χ1n) is 6.25. The Hall–Kier alpha value is -2.15. The van der Waals surface area contributed by atoms with E-state index in [1.54, 1.807) is 0 Å². The Bertz CT molecular complexity index is 474. The van der Waals surface area contributed by atoms with Crippen LogP contribution in [-0.2, 0) is 16.1 Å². The summed E-state index contributed by atoms with van der Waals surface area (Å²) < 4.78 is 10.1. The molecule has 1 rings (SSSR count). The number of carbonyl (C=O) groups is 1. The van der Waals surface area contributed by atoms with Crippen molar-refractivity contribution in [1.82, 2.24) is 0 Å². The Morgan fingerprint density at radius 1 is 1.45 bits per heavy atom. The van der Waals surface area contributed by atoms with E-state index in [1.807, 2.05) is 6.92 Å². The second-order valence-electron chi connectivity index (χ2n) is 4.07. The number of aliphatic hydroxyl groups excluding tert-OH is 1. The lowest BCUT2D eigenvalue weighted by Gasteiger charge is -2.09. The molecule has 0 aliphatic heterocycles. The van der Waals surface area contributed by atoms with Gasteiger partial charge in [0.05, 0.1) is 18.1 Å². The van der Waals surface area contributed by atoms with E-state index in [4.69, 9.17) is 14.6 Å².